The first kappa shape index (κ1) is 35.7. The molecule has 42 heavy (non-hydrogen) atoms. The summed E-state index contributed by atoms with van der Waals surface area (Å²) in [6.07, 6.45) is -13.3. The Balaban J connectivity index is 2.66. The van der Waals surface area contributed by atoms with Gasteiger partial charge < -0.3 is 70.6 Å². The lowest BCUT2D eigenvalue weighted by atomic mass is 9.86. The maximum absolute atomic E-state index is 12.6. The summed E-state index contributed by atoms with van der Waals surface area (Å²) in [4.78, 5) is 48.8. The molecular formula is C24H41N3O15. The third-order valence-corrected chi connectivity index (χ3v) is 6.77. The number of ether oxygens (including phenoxy) is 4. The molecule has 0 aromatic rings. The molecule has 3 amide bonds. The molecule has 0 aliphatic carbocycles. The molecule has 2 aliphatic rings. The highest BCUT2D eigenvalue weighted by atomic mass is 16.7. The summed E-state index contributed by atoms with van der Waals surface area (Å²) in [5.41, 5.74) is 0. The van der Waals surface area contributed by atoms with Crippen LogP contribution in [0.2, 0.25) is 0 Å². The summed E-state index contributed by atoms with van der Waals surface area (Å²) >= 11 is 0. The minimum Gasteiger partial charge on any atom is -0.477 e. The fourth-order valence-corrected chi connectivity index (χ4v) is 4.83. The van der Waals surface area contributed by atoms with Crippen LogP contribution in [0.4, 0.5) is 0 Å². The minimum absolute atomic E-state index is 0.657. The Kier molecular flexibility index (Phi) is 13.0. The van der Waals surface area contributed by atoms with Crippen LogP contribution in [0.1, 0.15) is 34.1 Å². The Morgan fingerprint density at radius 1 is 0.976 bits per heavy atom. The lowest BCUT2D eigenvalue weighted by Crippen LogP contribution is -2.72. The maximum atomic E-state index is 12.6. The average Bonchev–Trinajstić information content (AvgIpc) is 2.90. The van der Waals surface area contributed by atoms with Crippen molar-refractivity contribution in [3.8, 4) is 0 Å². The van der Waals surface area contributed by atoms with E-state index in [2.05, 4.69) is 16.0 Å². The molecule has 242 valence electrons. The Bertz CT molecular complexity index is 954. The molecule has 1 unspecified atom stereocenters. The molecule has 0 spiro atoms. The minimum atomic E-state index is -2.67. The number of aliphatic hydroxyl groups is 6. The van der Waals surface area contributed by atoms with Gasteiger partial charge in [0.05, 0.1) is 44.1 Å². The van der Waals surface area contributed by atoms with E-state index in [0.29, 0.717) is 0 Å². The molecule has 2 heterocycles. The second-order valence-corrected chi connectivity index (χ2v) is 10.3. The molecular weight excluding hydrogens is 570 g/mol. The van der Waals surface area contributed by atoms with Crippen molar-refractivity contribution < 1.29 is 73.9 Å². The van der Waals surface area contributed by atoms with Gasteiger partial charge in [0, 0.05) is 27.2 Å². The van der Waals surface area contributed by atoms with Gasteiger partial charge in [-0.05, 0) is 6.92 Å². The molecule has 0 aromatic heterocycles. The molecule has 18 nitrogen and oxygen atoms in total. The maximum Gasteiger partial charge on any atom is 0.364 e. The van der Waals surface area contributed by atoms with Crippen molar-refractivity contribution in [3.05, 3.63) is 0 Å². The highest BCUT2D eigenvalue weighted by Crippen LogP contribution is 2.37. The molecule has 0 bridgehead atoms. The molecule has 12 atom stereocenters. The predicted molar refractivity (Wildman–Crippen MR) is 136 cm³/mol. The molecule has 2 rings (SSSR count). The van der Waals surface area contributed by atoms with E-state index < -0.39 is 123 Å². The molecule has 2 saturated heterocycles. The standard InChI is InChI=1S/C24H41N3O15/c1-9(30)16(25-10(2)31)21-17(26-11(3)32)14(5-24(42-21,23(37)38)39-8-13(34)6-28)40-22-18(27-12(4)33)20(36)19(35)15(7-29)41-22/h9,13-22,28-30,34-36H,5-8H2,1-4H3,(H,25,31)(H,26,32)(H,27,33)(H,37,38)/t9-,13?,14-,15+,16-,17-,18+,19-,20+,21-,22-,24-/m0/s1. The van der Waals surface area contributed by atoms with Gasteiger partial charge in [-0.3, -0.25) is 14.4 Å². The highest BCUT2D eigenvalue weighted by Gasteiger charge is 2.58. The largest absolute Gasteiger partial charge is 0.477 e. The number of carbonyl (C=O) groups is 4. The topological polar surface area (TPSA) is 283 Å². The van der Waals surface area contributed by atoms with Gasteiger partial charge in [0.25, 0.3) is 5.79 Å². The van der Waals surface area contributed by atoms with Gasteiger partial charge in [-0.1, -0.05) is 0 Å². The molecule has 10 N–H and O–H groups in total. The van der Waals surface area contributed by atoms with Crippen LogP contribution in [0.25, 0.3) is 0 Å². The molecule has 0 aromatic carbocycles. The first-order valence-corrected chi connectivity index (χ1v) is 13.2. The Morgan fingerprint density at radius 3 is 2.05 bits per heavy atom. The molecule has 2 fully saturated rings. The van der Waals surface area contributed by atoms with Crippen molar-refractivity contribution in [1.82, 2.24) is 16.0 Å². The van der Waals surface area contributed by atoms with Crippen LogP contribution in [-0.4, -0.2) is 152 Å². The number of carbonyl (C=O) groups excluding carboxylic acids is 3. The number of hydrogen-bond acceptors (Lipinski definition) is 14. The average molecular weight is 612 g/mol. The highest BCUT2D eigenvalue weighted by molar-refractivity contribution is 5.77. The van der Waals surface area contributed by atoms with Crippen LogP contribution in [0.5, 0.6) is 0 Å². The fourth-order valence-electron chi connectivity index (χ4n) is 4.83. The van der Waals surface area contributed by atoms with Gasteiger partial charge in [-0.15, -0.1) is 0 Å². The molecule has 18 heteroatoms. The van der Waals surface area contributed by atoms with E-state index in [9.17, 15) is 54.9 Å². The lowest BCUT2D eigenvalue weighted by molar-refractivity contribution is -0.335. The quantitative estimate of drug-likeness (QED) is 0.0930. The van der Waals surface area contributed by atoms with Crippen molar-refractivity contribution in [3.63, 3.8) is 0 Å². The van der Waals surface area contributed by atoms with Crippen molar-refractivity contribution in [2.45, 2.75) is 107 Å². The van der Waals surface area contributed by atoms with Crippen LogP contribution < -0.4 is 16.0 Å². The second kappa shape index (κ2) is 15.3. The van der Waals surface area contributed by atoms with E-state index in [1.807, 2.05) is 0 Å². The smallest absolute Gasteiger partial charge is 0.364 e. The Morgan fingerprint density at radius 2 is 1.57 bits per heavy atom. The Labute approximate surface area is 240 Å². The van der Waals surface area contributed by atoms with Gasteiger partial charge >= 0.3 is 5.97 Å². The van der Waals surface area contributed by atoms with Crippen LogP contribution in [-0.2, 0) is 38.1 Å². The Hall–Kier alpha value is -2.52. The van der Waals surface area contributed by atoms with Crippen LogP contribution in [0.15, 0.2) is 0 Å². The summed E-state index contributed by atoms with van der Waals surface area (Å²) in [7, 11) is 0. The van der Waals surface area contributed by atoms with Gasteiger partial charge in [-0.2, -0.15) is 0 Å². The van der Waals surface area contributed by atoms with Crippen molar-refractivity contribution >= 4 is 23.7 Å². The lowest BCUT2D eigenvalue weighted by Gasteiger charge is -2.50. The molecule has 2 aliphatic heterocycles. The summed E-state index contributed by atoms with van der Waals surface area (Å²) in [6.45, 7) is 2.27. The van der Waals surface area contributed by atoms with Gasteiger partial charge in [0.2, 0.25) is 17.7 Å². The van der Waals surface area contributed by atoms with Crippen molar-refractivity contribution in [2.75, 3.05) is 19.8 Å². The van der Waals surface area contributed by atoms with Gasteiger partial charge in [0.1, 0.15) is 36.6 Å². The van der Waals surface area contributed by atoms with E-state index in [4.69, 9.17) is 18.9 Å². The molecule has 0 radical (unpaired) electrons. The number of rotatable bonds is 13. The zero-order valence-electron chi connectivity index (χ0n) is 23.6. The number of amides is 3. The number of hydrogen-bond donors (Lipinski definition) is 10. The fraction of sp³-hybridized carbons (Fsp3) is 0.833. The summed E-state index contributed by atoms with van der Waals surface area (Å²) in [6, 6.07) is -4.20. The number of aliphatic hydroxyl groups excluding tert-OH is 6. The summed E-state index contributed by atoms with van der Waals surface area (Å²) < 4.78 is 22.9. The van der Waals surface area contributed by atoms with E-state index in [1.165, 1.54) is 6.92 Å². The summed E-state index contributed by atoms with van der Waals surface area (Å²) in [5, 5.41) is 77.9. The normalized spacial score (nSPS) is 35.4. The van der Waals surface area contributed by atoms with Crippen LogP contribution in [0.3, 0.4) is 0 Å². The van der Waals surface area contributed by atoms with Crippen LogP contribution in [0, 0.1) is 0 Å². The zero-order chi connectivity index (χ0) is 31.9. The number of nitrogens with one attached hydrogen (secondary N) is 3. The van der Waals surface area contributed by atoms with Crippen molar-refractivity contribution in [1.29, 1.82) is 0 Å². The third kappa shape index (κ3) is 8.75. The molecule has 0 saturated carbocycles. The van der Waals surface area contributed by atoms with E-state index in [-0.39, 0.29) is 0 Å². The monoisotopic (exact) mass is 611 g/mol. The predicted octanol–water partition coefficient (Wildman–Crippen LogP) is -5.35. The van der Waals surface area contributed by atoms with Crippen LogP contribution >= 0.6 is 0 Å². The van der Waals surface area contributed by atoms with E-state index in [1.54, 1.807) is 0 Å². The van der Waals surface area contributed by atoms with Gasteiger partial charge in [-0.25, -0.2) is 4.79 Å². The second-order valence-electron chi connectivity index (χ2n) is 10.3. The van der Waals surface area contributed by atoms with E-state index in [0.717, 1.165) is 20.8 Å². The first-order chi connectivity index (χ1) is 19.6. The third-order valence-electron chi connectivity index (χ3n) is 6.77. The van der Waals surface area contributed by atoms with Crippen molar-refractivity contribution in [2.24, 2.45) is 0 Å². The summed E-state index contributed by atoms with van der Waals surface area (Å²) in [5.74, 6) is -6.41. The zero-order valence-corrected chi connectivity index (χ0v) is 23.6. The SMILES string of the molecule is CC(=O)N[C@H]([C@@H]1O[C@](OCC(O)CO)(C(=O)O)C[C@H](O[C@H]2O[C@H](CO)[C@H](O)[C@H](O)[C@H]2NC(C)=O)[C@@H]1NC(C)=O)[C@H](C)O. The first-order valence-electron chi connectivity index (χ1n) is 13.2. The number of carboxylic acid groups (broad SMARTS) is 1. The number of carboxylic acids is 1. The number of aliphatic carboxylic acids is 1. The van der Waals surface area contributed by atoms with E-state index >= 15 is 0 Å². The van der Waals surface area contributed by atoms with Gasteiger partial charge in [0.15, 0.2) is 6.29 Å².